The lowest BCUT2D eigenvalue weighted by atomic mass is 10.0. The second kappa shape index (κ2) is 8.25. The topological polar surface area (TPSA) is 41.6 Å². The van der Waals surface area contributed by atoms with E-state index in [0.29, 0.717) is 12.3 Å². The molecule has 0 aliphatic carbocycles. The van der Waals surface area contributed by atoms with Gasteiger partial charge in [0, 0.05) is 32.6 Å². The summed E-state index contributed by atoms with van der Waals surface area (Å²) in [6.45, 7) is 11.0. The van der Waals surface area contributed by atoms with Gasteiger partial charge in [-0.1, -0.05) is 13.0 Å². The Labute approximate surface area is 104 Å². The van der Waals surface area contributed by atoms with Gasteiger partial charge in [0.15, 0.2) is 0 Å². The predicted molar refractivity (Wildman–Crippen MR) is 68.9 cm³/mol. The van der Waals surface area contributed by atoms with E-state index in [1.807, 2.05) is 6.08 Å². The Morgan fingerprint density at radius 2 is 2.24 bits per heavy atom. The van der Waals surface area contributed by atoms with Crippen molar-refractivity contribution in [3.63, 3.8) is 0 Å². The van der Waals surface area contributed by atoms with E-state index < -0.39 is 0 Å². The maximum atomic E-state index is 11.6. The van der Waals surface area contributed by atoms with Crippen molar-refractivity contribution in [2.75, 3.05) is 39.4 Å². The van der Waals surface area contributed by atoms with Crippen molar-refractivity contribution < 1.29 is 9.53 Å². The number of amides is 1. The first-order valence-corrected chi connectivity index (χ1v) is 6.45. The Hall–Kier alpha value is -0.870. The van der Waals surface area contributed by atoms with Crippen LogP contribution in [0.5, 0.6) is 0 Å². The molecule has 1 heterocycles. The highest BCUT2D eigenvalue weighted by molar-refractivity contribution is 5.76. The molecule has 1 atom stereocenters. The molecule has 0 spiro atoms. The smallest absolute Gasteiger partial charge is 0.220 e. The summed E-state index contributed by atoms with van der Waals surface area (Å²) in [5, 5.41) is 2.96. The lowest BCUT2D eigenvalue weighted by molar-refractivity contribution is -0.121. The Morgan fingerprint density at radius 1 is 1.53 bits per heavy atom. The predicted octanol–water partition coefficient (Wildman–Crippen LogP) is 1.04. The molecule has 1 amide bonds. The first kappa shape index (κ1) is 14.2. The first-order valence-electron chi connectivity index (χ1n) is 6.45. The number of morpholine rings is 1. The first-order chi connectivity index (χ1) is 8.26. The highest BCUT2D eigenvalue weighted by Gasteiger charge is 2.11. The number of nitrogens with one attached hydrogen (secondary N) is 1. The van der Waals surface area contributed by atoms with Crippen LogP contribution in [-0.4, -0.2) is 50.2 Å². The molecular weight excluding hydrogens is 216 g/mol. The number of carbonyl (C=O) groups is 1. The molecule has 0 aromatic rings. The molecule has 1 aliphatic rings. The van der Waals surface area contributed by atoms with Crippen LogP contribution in [0.1, 0.15) is 19.8 Å². The molecule has 0 bridgehead atoms. The molecule has 17 heavy (non-hydrogen) atoms. The van der Waals surface area contributed by atoms with Gasteiger partial charge in [-0.25, -0.2) is 0 Å². The number of rotatable bonds is 7. The summed E-state index contributed by atoms with van der Waals surface area (Å²) in [6.07, 6.45) is 3.39. The molecule has 0 aromatic carbocycles. The number of allylic oxidation sites excluding steroid dienone is 1. The Morgan fingerprint density at radius 3 is 2.82 bits per heavy atom. The summed E-state index contributed by atoms with van der Waals surface area (Å²) < 4.78 is 5.27. The van der Waals surface area contributed by atoms with E-state index in [4.69, 9.17) is 4.74 Å². The van der Waals surface area contributed by atoms with Crippen LogP contribution in [0, 0.1) is 5.92 Å². The van der Waals surface area contributed by atoms with Crippen LogP contribution in [-0.2, 0) is 9.53 Å². The number of nitrogens with zero attached hydrogens (tertiary/aromatic N) is 1. The quantitative estimate of drug-likeness (QED) is 0.676. The SMILES string of the molecule is C=C[C@@H](CC)CC(=O)NCCN1CCOCC1. The van der Waals surface area contributed by atoms with E-state index in [-0.39, 0.29) is 5.91 Å². The summed E-state index contributed by atoms with van der Waals surface area (Å²) in [4.78, 5) is 13.9. The van der Waals surface area contributed by atoms with Crippen LogP contribution in [0.2, 0.25) is 0 Å². The number of ether oxygens (including phenoxy) is 1. The van der Waals surface area contributed by atoms with Crippen LogP contribution >= 0.6 is 0 Å². The van der Waals surface area contributed by atoms with Gasteiger partial charge in [0.1, 0.15) is 0 Å². The maximum Gasteiger partial charge on any atom is 0.220 e. The average Bonchev–Trinajstić information content (AvgIpc) is 2.37. The maximum absolute atomic E-state index is 11.6. The number of hydrogen-bond donors (Lipinski definition) is 1. The molecule has 0 aromatic heterocycles. The lowest BCUT2D eigenvalue weighted by Crippen LogP contribution is -2.41. The van der Waals surface area contributed by atoms with E-state index in [1.165, 1.54) is 0 Å². The minimum absolute atomic E-state index is 0.130. The molecule has 0 radical (unpaired) electrons. The van der Waals surface area contributed by atoms with Crippen molar-refractivity contribution >= 4 is 5.91 Å². The van der Waals surface area contributed by atoms with E-state index in [2.05, 4.69) is 23.7 Å². The zero-order valence-electron chi connectivity index (χ0n) is 10.8. The standard InChI is InChI=1S/C13H24N2O2/c1-3-12(4-2)11-13(16)14-5-6-15-7-9-17-10-8-15/h3,12H,1,4-11H2,2H3,(H,14,16)/t12-/m0/s1. The van der Waals surface area contributed by atoms with Crippen molar-refractivity contribution in [1.82, 2.24) is 10.2 Å². The monoisotopic (exact) mass is 240 g/mol. The van der Waals surface area contributed by atoms with Crippen molar-refractivity contribution in [3.8, 4) is 0 Å². The third-order valence-corrected chi connectivity index (χ3v) is 3.16. The van der Waals surface area contributed by atoms with Crippen LogP contribution in [0.3, 0.4) is 0 Å². The van der Waals surface area contributed by atoms with Gasteiger partial charge in [-0.3, -0.25) is 9.69 Å². The molecule has 1 rings (SSSR count). The minimum Gasteiger partial charge on any atom is -0.379 e. The Bertz CT molecular complexity index is 238. The molecule has 0 unspecified atom stereocenters. The highest BCUT2D eigenvalue weighted by Crippen LogP contribution is 2.08. The zero-order chi connectivity index (χ0) is 12.5. The fourth-order valence-electron chi connectivity index (χ4n) is 1.88. The third kappa shape index (κ3) is 5.84. The summed E-state index contributed by atoms with van der Waals surface area (Å²) in [5.41, 5.74) is 0. The normalized spacial score (nSPS) is 18.6. The van der Waals surface area contributed by atoms with Crippen molar-refractivity contribution in [2.45, 2.75) is 19.8 Å². The van der Waals surface area contributed by atoms with Crippen molar-refractivity contribution in [2.24, 2.45) is 5.92 Å². The summed E-state index contributed by atoms with van der Waals surface area (Å²) >= 11 is 0. The average molecular weight is 240 g/mol. The van der Waals surface area contributed by atoms with Gasteiger partial charge in [-0.2, -0.15) is 0 Å². The second-order valence-electron chi connectivity index (χ2n) is 4.41. The fourth-order valence-corrected chi connectivity index (χ4v) is 1.88. The van der Waals surface area contributed by atoms with Crippen molar-refractivity contribution in [3.05, 3.63) is 12.7 Å². The number of hydrogen-bond acceptors (Lipinski definition) is 3. The largest absolute Gasteiger partial charge is 0.379 e. The van der Waals surface area contributed by atoms with E-state index in [9.17, 15) is 4.79 Å². The molecule has 0 saturated carbocycles. The van der Waals surface area contributed by atoms with Gasteiger partial charge < -0.3 is 10.1 Å². The molecule has 1 fully saturated rings. The summed E-state index contributed by atoms with van der Waals surface area (Å²) in [6, 6.07) is 0. The van der Waals surface area contributed by atoms with Crippen LogP contribution in [0.25, 0.3) is 0 Å². The van der Waals surface area contributed by atoms with Gasteiger partial charge in [0.25, 0.3) is 0 Å². The van der Waals surface area contributed by atoms with Crippen molar-refractivity contribution in [1.29, 1.82) is 0 Å². The Kier molecular flexibility index (Phi) is 6.89. The van der Waals surface area contributed by atoms with Gasteiger partial charge in [0.2, 0.25) is 5.91 Å². The second-order valence-corrected chi connectivity index (χ2v) is 4.41. The molecule has 1 N–H and O–H groups in total. The summed E-state index contributed by atoms with van der Waals surface area (Å²) in [5.74, 6) is 0.434. The number of carbonyl (C=O) groups excluding carboxylic acids is 1. The van der Waals surface area contributed by atoms with Crippen LogP contribution < -0.4 is 5.32 Å². The van der Waals surface area contributed by atoms with Gasteiger partial charge in [-0.15, -0.1) is 6.58 Å². The van der Waals surface area contributed by atoms with Crippen LogP contribution in [0.4, 0.5) is 0 Å². The highest BCUT2D eigenvalue weighted by atomic mass is 16.5. The Balaban J connectivity index is 2.08. The molecule has 1 saturated heterocycles. The van der Waals surface area contributed by atoms with Crippen LogP contribution in [0.15, 0.2) is 12.7 Å². The molecule has 1 aliphatic heterocycles. The van der Waals surface area contributed by atoms with Gasteiger partial charge >= 0.3 is 0 Å². The van der Waals surface area contributed by atoms with E-state index in [0.717, 1.165) is 45.8 Å². The lowest BCUT2D eigenvalue weighted by Gasteiger charge is -2.26. The molecule has 98 valence electrons. The molecular formula is C13H24N2O2. The third-order valence-electron chi connectivity index (χ3n) is 3.16. The van der Waals surface area contributed by atoms with Gasteiger partial charge in [0.05, 0.1) is 13.2 Å². The van der Waals surface area contributed by atoms with E-state index >= 15 is 0 Å². The molecule has 4 heteroatoms. The van der Waals surface area contributed by atoms with E-state index in [1.54, 1.807) is 0 Å². The minimum atomic E-state index is 0.130. The summed E-state index contributed by atoms with van der Waals surface area (Å²) in [7, 11) is 0. The van der Waals surface area contributed by atoms with Gasteiger partial charge in [-0.05, 0) is 12.3 Å². The molecule has 4 nitrogen and oxygen atoms in total. The fraction of sp³-hybridized carbons (Fsp3) is 0.769. The zero-order valence-corrected chi connectivity index (χ0v) is 10.8.